The standard InChI is InChI=1S/C16H27N3O4/c1-9(2)7-13(18-10(3)20)16(23)19-14(15(17)22)11-5-4-6-12(21)8-11/h9,11,13-14H,4-8H2,1-3H3,(H2,17,22)(H,18,20)(H,19,23)/t11-,13-,14+/m0/s1. The number of ketones is 1. The maximum Gasteiger partial charge on any atom is 0.243 e. The zero-order chi connectivity index (χ0) is 17.6. The fourth-order valence-corrected chi connectivity index (χ4v) is 2.97. The van der Waals surface area contributed by atoms with Crippen LogP contribution in [0.4, 0.5) is 0 Å². The zero-order valence-corrected chi connectivity index (χ0v) is 14.1. The van der Waals surface area contributed by atoms with Crippen molar-refractivity contribution in [1.29, 1.82) is 0 Å². The number of primary amides is 1. The third-order valence-electron chi connectivity index (χ3n) is 4.00. The van der Waals surface area contributed by atoms with Crippen LogP contribution in [-0.2, 0) is 19.2 Å². The van der Waals surface area contributed by atoms with Crippen molar-refractivity contribution >= 4 is 23.5 Å². The number of nitrogens with one attached hydrogen (secondary N) is 2. The summed E-state index contributed by atoms with van der Waals surface area (Å²) in [6, 6.07) is -1.59. The van der Waals surface area contributed by atoms with Gasteiger partial charge in [0.05, 0.1) is 0 Å². The van der Waals surface area contributed by atoms with Crippen LogP contribution in [0.25, 0.3) is 0 Å². The first-order valence-electron chi connectivity index (χ1n) is 8.09. The van der Waals surface area contributed by atoms with Crippen LogP contribution in [0.5, 0.6) is 0 Å². The molecule has 0 aromatic heterocycles. The lowest BCUT2D eigenvalue weighted by atomic mass is 9.82. The third kappa shape index (κ3) is 6.38. The predicted molar refractivity (Wildman–Crippen MR) is 85.1 cm³/mol. The van der Waals surface area contributed by atoms with Crippen LogP contribution < -0.4 is 16.4 Å². The average Bonchev–Trinajstić information content (AvgIpc) is 2.42. The second kappa shape index (κ2) is 8.64. The van der Waals surface area contributed by atoms with E-state index in [1.54, 1.807) is 0 Å². The van der Waals surface area contributed by atoms with Gasteiger partial charge < -0.3 is 16.4 Å². The summed E-state index contributed by atoms with van der Waals surface area (Å²) in [7, 11) is 0. The number of nitrogens with two attached hydrogens (primary N) is 1. The Morgan fingerprint density at radius 2 is 1.91 bits per heavy atom. The van der Waals surface area contributed by atoms with Crippen molar-refractivity contribution in [1.82, 2.24) is 10.6 Å². The van der Waals surface area contributed by atoms with Gasteiger partial charge in [-0.25, -0.2) is 0 Å². The molecule has 1 aliphatic rings. The van der Waals surface area contributed by atoms with E-state index < -0.39 is 23.9 Å². The first-order valence-corrected chi connectivity index (χ1v) is 8.09. The Bertz CT molecular complexity index is 476. The van der Waals surface area contributed by atoms with Gasteiger partial charge in [0.15, 0.2) is 0 Å². The summed E-state index contributed by atoms with van der Waals surface area (Å²) in [5, 5.41) is 5.23. The van der Waals surface area contributed by atoms with E-state index in [1.165, 1.54) is 6.92 Å². The highest BCUT2D eigenvalue weighted by atomic mass is 16.2. The molecule has 7 heteroatoms. The molecule has 1 fully saturated rings. The molecule has 0 heterocycles. The van der Waals surface area contributed by atoms with Crippen LogP contribution in [0.15, 0.2) is 0 Å². The highest BCUT2D eigenvalue weighted by Gasteiger charge is 2.33. The Kier molecular flexibility index (Phi) is 7.19. The lowest BCUT2D eigenvalue weighted by Gasteiger charge is -2.29. The second-order valence-electron chi connectivity index (χ2n) is 6.67. The van der Waals surface area contributed by atoms with Gasteiger partial charge in [0.2, 0.25) is 17.7 Å². The Labute approximate surface area is 136 Å². The minimum Gasteiger partial charge on any atom is -0.368 e. The number of carbonyl (C=O) groups is 4. The van der Waals surface area contributed by atoms with E-state index in [0.717, 1.165) is 0 Å². The summed E-state index contributed by atoms with van der Waals surface area (Å²) in [4.78, 5) is 47.0. The molecule has 23 heavy (non-hydrogen) atoms. The molecule has 0 aromatic carbocycles. The lowest BCUT2D eigenvalue weighted by Crippen LogP contribution is -2.56. The molecule has 0 saturated heterocycles. The molecule has 0 unspecified atom stereocenters. The van der Waals surface area contributed by atoms with Crippen LogP contribution in [0.3, 0.4) is 0 Å². The quantitative estimate of drug-likeness (QED) is 0.622. The van der Waals surface area contributed by atoms with Crippen molar-refractivity contribution in [2.75, 3.05) is 0 Å². The van der Waals surface area contributed by atoms with Crippen LogP contribution in [-0.4, -0.2) is 35.6 Å². The average molecular weight is 325 g/mol. The normalized spacial score (nSPS) is 20.7. The van der Waals surface area contributed by atoms with Crippen LogP contribution in [0.1, 0.15) is 52.9 Å². The summed E-state index contributed by atoms with van der Waals surface area (Å²) in [6.45, 7) is 5.22. The smallest absolute Gasteiger partial charge is 0.243 e. The summed E-state index contributed by atoms with van der Waals surface area (Å²) in [5.41, 5.74) is 5.41. The minimum absolute atomic E-state index is 0.0855. The van der Waals surface area contributed by atoms with Crippen molar-refractivity contribution in [2.45, 2.75) is 65.0 Å². The van der Waals surface area contributed by atoms with Gasteiger partial charge in [0.25, 0.3) is 0 Å². The summed E-state index contributed by atoms with van der Waals surface area (Å²) in [5.74, 6) is -1.38. The van der Waals surface area contributed by atoms with E-state index in [9.17, 15) is 19.2 Å². The molecule has 0 bridgehead atoms. The van der Waals surface area contributed by atoms with Gasteiger partial charge in [-0.3, -0.25) is 19.2 Å². The van der Waals surface area contributed by atoms with Gasteiger partial charge in [-0.2, -0.15) is 0 Å². The number of hydrogen-bond acceptors (Lipinski definition) is 4. The number of amides is 3. The van der Waals surface area contributed by atoms with Crippen LogP contribution >= 0.6 is 0 Å². The van der Waals surface area contributed by atoms with Crippen LogP contribution in [0.2, 0.25) is 0 Å². The highest BCUT2D eigenvalue weighted by Crippen LogP contribution is 2.24. The maximum atomic E-state index is 12.4. The molecule has 1 rings (SSSR count). The molecule has 0 aromatic rings. The lowest BCUT2D eigenvalue weighted by molar-refractivity contribution is -0.133. The van der Waals surface area contributed by atoms with E-state index in [0.29, 0.717) is 25.7 Å². The van der Waals surface area contributed by atoms with Gasteiger partial charge in [-0.05, 0) is 31.1 Å². The van der Waals surface area contributed by atoms with Gasteiger partial charge in [-0.15, -0.1) is 0 Å². The van der Waals surface area contributed by atoms with Crippen LogP contribution in [0, 0.1) is 11.8 Å². The zero-order valence-electron chi connectivity index (χ0n) is 14.1. The molecule has 1 aliphatic carbocycles. The summed E-state index contributed by atoms with van der Waals surface area (Å²) in [6.07, 6.45) is 2.60. The van der Waals surface area contributed by atoms with Gasteiger partial charge in [0.1, 0.15) is 17.9 Å². The molecule has 0 radical (unpaired) electrons. The fraction of sp³-hybridized carbons (Fsp3) is 0.750. The molecule has 130 valence electrons. The number of rotatable bonds is 7. The van der Waals surface area contributed by atoms with Crippen molar-refractivity contribution in [2.24, 2.45) is 17.6 Å². The first-order chi connectivity index (χ1) is 10.7. The molecular formula is C16H27N3O4. The molecule has 0 spiro atoms. The second-order valence-corrected chi connectivity index (χ2v) is 6.67. The topological polar surface area (TPSA) is 118 Å². The molecular weight excluding hydrogens is 298 g/mol. The Morgan fingerprint density at radius 3 is 2.39 bits per heavy atom. The van der Waals surface area contributed by atoms with E-state index in [-0.39, 0.29) is 29.9 Å². The Morgan fingerprint density at radius 1 is 1.26 bits per heavy atom. The number of hydrogen-bond donors (Lipinski definition) is 3. The first kappa shape index (κ1) is 19.1. The Balaban J connectivity index is 2.79. The minimum atomic E-state index is -0.879. The summed E-state index contributed by atoms with van der Waals surface area (Å²) >= 11 is 0. The van der Waals surface area contributed by atoms with Crippen molar-refractivity contribution < 1.29 is 19.2 Å². The molecule has 3 amide bonds. The fourth-order valence-electron chi connectivity index (χ4n) is 2.97. The van der Waals surface area contributed by atoms with Gasteiger partial charge >= 0.3 is 0 Å². The number of carbonyl (C=O) groups excluding carboxylic acids is 4. The largest absolute Gasteiger partial charge is 0.368 e. The van der Waals surface area contributed by atoms with Gasteiger partial charge in [-0.1, -0.05) is 13.8 Å². The molecule has 1 saturated carbocycles. The molecule has 4 N–H and O–H groups in total. The number of Topliss-reactive ketones (excluding diaryl/α,β-unsaturated/α-hetero) is 1. The van der Waals surface area contributed by atoms with Crippen molar-refractivity contribution in [3.63, 3.8) is 0 Å². The van der Waals surface area contributed by atoms with E-state index in [1.807, 2.05) is 13.8 Å². The van der Waals surface area contributed by atoms with Crippen molar-refractivity contribution in [3.8, 4) is 0 Å². The predicted octanol–water partition coefficient (Wildman–Crippen LogP) is 0.267. The highest BCUT2D eigenvalue weighted by molar-refractivity contribution is 5.92. The van der Waals surface area contributed by atoms with Crippen molar-refractivity contribution in [3.05, 3.63) is 0 Å². The maximum absolute atomic E-state index is 12.4. The van der Waals surface area contributed by atoms with E-state index in [4.69, 9.17) is 5.73 Å². The van der Waals surface area contributed by atoms with E-state index >= 15 is 0 Å². The SMILES string of the molecule is CC(=O)N[C@@H](CC(C)C)C(=O)N[C@@H](C(N)=O)[C@H]1CCCC(=O)C1. The van der Waals surface area contributed by atoms with Gasteiger partial charge in [0, 0.05) is 19.8 Å². The molecule has 7 nitrogen and oxygen atoms in total. The summed E-state index contributed by atoms with van der Waals surface area (Å²) < 4.78 is 0. The molecule has 0 aliphatic heterocycles. The monoisotopic (exact) mass is 325 g/mol. The van der Waals surface area contributed by atoms with E-state index in [2.05, 4.69) is 10.6 Å². The third-order valence-corrected chi connectivity index (χ3v) is 4.00. The molecule has 3 atom stereocenters. The Hall–Kier alpha value is -1.92.